The summed E-state index contributed by atoms with van der Waals surface area (Å²) in [5.41, 5.74) is 0.875. The molecule has 1 heterocycles. The minimum Gasteiger partial charge on any atom is -0.481 e. The molecule has 0 saturated carbocycles. The lowest BCUT2D eigenvalue weighted by Gasteiger charge is -2.31. The average Bonchev–Trinajstić information content (AvgIpc) is 2.38. The fourth-order valence-electron chi connectivity index (χ4n) is 1.99. The van der Waals surface area contributed by atoms with Crippen LogP contribution in [0.25, 0.3) is 0 Å². The van der Waals surface area contributed by atoms with Gasteiger partial charge in [-0.2, -0.15) is 5.26 Å². The van der Waals surface area contributed by atoms with Gasteiger partial charge in [0.1, 0.15) is 12.2 Å². The molecule has 1 aliphatic rings. The lowest BCUT2D eigenvalue weighted by molar-refractivity contribution is -0.139. The topological polar surface area (TPSA) is 90.6 Å². The highest BCUT2D eigenvalue weighted by Gasteiger charge is 2.30. The molecule has 0 aromatic heterocycles. The van der Waals surface area contributed by atoms with E-state index in [0.717, 1.165) is 0 Å². The van der Waals surface area contributed by atoms with Crippen LogP contribution in [0.5, 0.6) is 0 Å². The van der Waals surface area contributed by atoms with E-state index >= 15 is 0 Å². The molecule has 6 heteroatoms. The Morgan fingerprint density at radius 1 is 1.53 bits per heavy atom. The van der Waals surface area contributed by atoms with Crippen LogP contribution in [0.4, 0.5) is 10.5 Å². The molecule has 98 valence electrons. The Morgan fingerprint density at radius 3 is 2.89 bits per heavy atom. The number of anilines is 1. The summed E-state index contributed by atoms with van der Waals surface area (Å²) < 4.78 is 5.06. The molecule has 2 rings (SSSR count). The van der Waals surface area contributed by atoms with Crippen molar-refractivity contribution in [3.05, 3.63) is 29.8 Å². The summed E-state index contributed by atoms with van der Waals surface area (Å²) in [6, 6.07) is 8.74. The van der Waals surface area contributed by atoms with Crippen LogP contribution in [-0.4, -0.2) is 29.8 Å². The maximum absolute atomic E-state index is 11.9. The van der Waals surface area contributed by atoms with Gasteiger partial charge in [0, 0.05) is 13.0 Å². The number of carbonyl (C=O) groups excluding carboxylic acids is 1. The van der Waals surface area contributed by atoms with Gasteiger partial charge in [0.2, 0.25) is 0 Å². The summed E-state index contributed by atoms with van der Waals surface area (Å²) >= 11 is 0. The van der Waals surface area contributed by atoms with Gasteiger partial charge in [-0.25, -0.2) is 4.79 Å². The molecule has 1 N–H and O–H groups in total. The largest absolute Gasteiger partial charge is 0.481 e. The summed E-state index contributed by atoms with van der Waals surface area (Å²) in [5.74, 6) is -0.997. The number of amides is 1. The van der Waals surface area contributed by atoms with Crippen molar-refractivity contribution in [3.8, 4) is 6.07 Å². The van der Waals surface area contributed by atoms with Crippen LogP contribution in [-0.2, 0) is 9.53 Å². The average molecular weight is 260 g/mol. The Kier molecular flexibility index (Phi) is 3.66. The molecule has 1 atom stereocenters. The number of hydrogen-bond acceptors (Lipinski definition) is 4. The van der Waals surface area contributed by atoms with Gasteiger partial charge < -0.3 is 9.84 Å². The van der Waals surface area contributed by atoms with E-state index in [-0.39, 0.29) is 6.42 Å². The predicted molar refractivity (Wildman–Crippen MR) is 65.6 cm³/mol. The molecule has 1 aromatic carbocycles. The number of carbonyl (C=O) groups is 2. The summed E-state index contributed by atoms with van der Waals surface area (Å²) in [5, 5.41) is 17.7. The first kappa shape index (κ1) is 12.9. The normalized spacial score (nSPS) is 18.6. The SMILES string of the molecule is N#Cc1ccccc1N1CCC(CC(=O)O)OC1=O. The molecule has 1 aromatic rings. The van der Waals surface area contributed by atoms with Gasteiger partial charge >= 0.3 is 12.1 Å². The van der Waals surface area contributed by atoms with E-state index in [9.17, 15) is 9.59 Å². The van der Waals surface area contributed by atoms with E-state index < -0.39 is 18.2 Å². The van der Waals surface area contributed by atoms with E-state index in [0.29, 0.717) is 24.2 Å². The lowest BCUT2D eigenvalue weighted by atomic mass is 10.1. The van der Waals surface area contributed by atoms with Crippen molar-refractivity contribution in [2.24, 2.45) is 0 Å². The summed E-state index contributed by atoms with van der Waals surface area (Å²) in [7, 11) is 0. The maximum atomic E-state index is 11.9. The van der Waals surface area contributed by atoms with Crippen LogP contribution >= 0.6 is 0 Å². The van der Waals surface area contributed by atoms with Crippen molar-refractivity contribution in [1.82, 2.24) is 0 Å². The van der Waals surface area contributed by atoms with Crippen molar-refractivity contribution in [2.75, 3.05) is 11.4 Å². The number of aliphatic carboxylic acids is 1. The smallest absolute Gasteiger partial charge is 0.414 e. The third kappa shape index (κ3) is 2.83. The number of cyclic esters (lactones) is 1. The number of rotatable bonds is 3. The molecule has 1 aliphatic heterocycles. The van der Waals surface area contributed by atoms with Gasteiger partial charge in [0.15, 0.2) is 0 Å². The third-order valence-electron chi connectivity index (χ3n) is 2.88. The van der Waals surface area contributed by atoms with Crippen molar-refractivity contribution in [2.45, 2.75) is 18.9 Å². The van der Waals surface area contributed by atoms with E-state index in [1.807, 2.05) is 6.07 Å². The standard InChI is InChI=1S/C13H12N2O4/c14-8-9-3-1-2-4-11(9)15-6-5-10(7-12(16)17)19-13(15)18/h1-4,10H,5-7H2,(H,16,17). The molecule has 0 spiro atoms. The Hall–Kier alpha value is -2.55. The zero-order valence-corrected chi connectivity index (χ0v) is 10.1. The molecule has 6 nitrogen and oxygen atoms in total. The Labute approximate surface area is 109 Å². The van der Waals surface area contributed by atoms with Crippen molar-refractivity contribution in [1.29, 1.82) is 5.26 Å². The molecule has 1 unspecified atom stereocenters. The Bertz CT molecular complexity index is 550. The van der Waals surface area contributed by atoms with Crippen LogP contribution in [0, 0.1) is 11.3 Å². The van der Waals surface area contributed by atoms with Gasteiger partial charge in [-0.05, 0) is 12.1 Å². The van der Waals surface area contributed by atoms with Crippen LogP contribution in [0.2, 0.25) is 0 Å². The van der Waals surface area contributed by atoms with Crippen LogP contribution in [0.1, 0.15) is 18.4 Å². The van der Waals surface area contributed by atoms with E-state index in [2.05, 4.69) is 0 Å². The fraction of sp³-hybridized carbons (Fsp3) is 0.308. The van der Waals surface area contributed by atoms with Crippen molar-refractivity contribution < 1.29 is 19.4 Å². The second-order valence-electron chi connectivity index (χ2n) is 4.17. The number of nitrogens with zero attached hydrogens (tertiary/aromatic N) is 2. The minimum atomic E-state index is -0.997. The number of benzene rings is 1. The second kappa shape index (κ2) is 5.40. The number of nitriles is 1. The Morgan fingerprint density at radius 2 is 2.26 bits per heavy atom. The highest BCUT2D eigenvalue weighted by Crippen LogP contribution is 2.25. The van der Waals surface area contributed by atoms with Gasteiger partial charge in [-0.15, -0.1) is 0 Å². The lowest BCUT2D eigenvalue weighted by Crippen LogP contribution is -2.43. The quantitative estimate of drug-likeness (QED) is 0.893. The van der Waals surface area contributed by atoms with Crippen LogP contribution in [0.15, 0.2) is 24.3 Å². The number of ether oxygens (including phenoxy) is 1. The summed E-state index contributed by atoms with van der Waals surface area (Å²) in [6.07, 6.45) is -0.979. The molecule has 1 fully saturated rings. The van der Waals surface area contributed by atoms with Gasteiger partial charge in [0.25, 0.3) is 0 Å². The highest BCUT2D eigenvalue weighted by atomic mass is 16.6. The molecule has 1 saturated heterocycles. The van der Waals surface area contributed by atoms with Gasteiger partial charge in [-0.1, -0.05) is 12.1 Å². The molecule has 0 radical (unpaired) electrons. The minimum absolute atomic E-state index is 0.195. The molecule has 0 aliphatic carbocycles. The zero-order chi connectivity index (χ0) is 13.8. The first-order valence-corrected chi connectivity index (χ1v) is 5.81. The fourth-order valence-corrected chi connectivity index (χ4v) is 1.99. The van der Waals surface area contributed by atoms with Crippen molar-refractivity contribution >= 4 is 17.7 Å². The zero-order valence-electron chi connectivity index (χ0n) is 10.1. The highest BCUT2D eigenvalue weighted by molar-refractivity contribution is 5.90. The third-order valence-corrected chi connectivity index (χ3v) is 2.88. The molecule has 0 bridgehead atoms. The maximum Gasteiger partial charge on any atom is 0.414 e. The summed E-state index contributed by atoms with van der Waals surface area (Å²) in [4.78, 5) is 23.8. The molecule has 1 amide bonds. The Balaban J connectivity index is 2.14. The molecular formula is C13H12N2O4. The second-order valence-corrected chi connectivity index (χ2v) is 4.17. The van der Waals surface area contributed by atoms with Gasteiger partial charge in [0.05, 0.1) is 17.7 Å². The number of carboxylic acid groups (broad SMARTS) is 1. The van der Waals surface area contributed by atoms with E-state index in [1.165, 1.54) is 4.90 Å². The summed E-state index contributed by atoms with van der Waals surface area (Å²) in [6.45, 7) is 0.343. The van der Waals surface area contributed by atoms with E-state index in [4.69, 9.17) is 15.1 Å². The number of para-hydroxylation sites is 1. The van der Waals surface area contributed by atoms with Gasteiger partial charge in [-0.3, -0.25) is 9.69 Å². The van der Waals surface area contributed by atoms with E-state index in [1.54, 1.807) is 24.3 Å². The predicted octanol–water partition coefficient (Wildman–Crippen LogP) is 1.75. The first-order valence-electron chi connectivity index (χ1n) is 5.81. The molecule has 19 heavy (non-hydrogen) atoms. The molecular weight excluding hydrogens is 248 g/mol. The number of hydrogen-bond donors (Lipinski definition) is 1. The number of carboxylic acids is 1. The van der Waals surface area contributed by atoms with Crippen LogP contribution < -0.4 is 4.90 Å². The van der Waals surface area contributed by atoms with Crippen molar-refractivity contribution in [3.63, 3.8) is 0 Å². The first-order chi connectivity index (χ1) is 9.11. The van der Waals surface area contributed by atoms with Crippen LogP contribution in [0.3, 0.4) is 0 Å². The monoisotopic (exact) mass is 260 g/mol.